The van der Waals surface area contributed by atoms with Crippen LogP contribution < -0.4 is 11.1 Å². The van der Waals surface area contributed by atoms with Gasteiger partial charge in [0.1, 0.15) is 5.82 Å². The lowest BCUT2D eigenvalue weighted by Gasteiger charge is -2.10. The second-order valence-corrected chi connectivity index (χ2v) is 5.53. The van der Waals surface area contributed by atoms with Crippen molar-refractivity contribution in [2.75, 3.05) is 11.1 Å². The van der Waals surface area contributed by atoms with E-state index in [1.54, 1.807) is 18.3 Å². The Kier molecular flexibility index (Phi) is 3.91. The number of benzene rings is 1. The molecule has 0 bridgehead atoms. The molecule has 2 rings (SSSR count). The van der Waals surface area contributed by atoms with Crippen LogP contribution in [0.5, 0.6) is 0 Å². The molecule has 1 aromatic carbocycles. The number of anilines is 3. The summed E-state index contributed by atoms with van der Waals surface area (Å²) in [7, 11) is 0. The maximum absolute atomic E-state index is 6.08. The number of rotatable bonds is 2. The number of aromatic nitrogens is 1. The fraction of sp³-hybridized carbons (Fsp3) is 0. The van der Waals surface area contributed by atoms with Gasteiger partial charge >= 0.3 is 0 Å². The fourth-order valence-electron chi connectivity index (χ4n) is 1.27. The molecule has 0 saturated carbocycles. The predicted octanol–water partition coefficient (Wildman–Crippen LogP) is 4.59. The number of nitrogens with two attached hydrogens (primary N) is 1. The predicted molar refractivity (Wildman–Crippen MR) is 78.8 cm³/mol. The molecule has 17 heavy (non-hydrogen) atoms. The topological polar surface area (TPSA) is 50.9 Å². The minimum absolute atomic E-state index is 0.600. The van der Waals surface area contributed by atoms with Gasteiger partial charge in [0.25, 0.3) is 0 Å². The van der Waals surface area contributed by atoms with Gasteiger partial charge in [-0.1, -0.05) is 27.5 Å². The first-order chi connectivity index (χ1) is 8.06. The van der Waals surface area contributed by atoms with E-state index < -0.39 is 0 Å². The van der Waals surface area contributed by atoms with Crippen molar-refractivity contribution in [1.29, 1.82) is 0 Å². The Balaban J connectivity index is 2.34. The third-order valence-corrected chi connectivity index (χ3v) is 3.47. The van der Waals surface area contributed by atoms with E-state index >= 15 is 0 Å². The van der Waals surface area contributed by atoms with Crippen LogP contribution >= 0.6 is 43.5 Å². The lowest BCUT2D eigenvalue weighted by Crippen LogP contribution is -1.97. The van der Waals surface area contributed by atoms with Crippen molar-refractivity contribution in [3.63, 3.8) is 0 Å². The third kappa shape index (κ3) is 3.12. The summed E-state index contributed by atoms with van der Waals surface area (Å²) in [5.74, 6) is 0.666. The van der Waals surface area contributed by atoms with E-state index in [9.17, 15) is 0 Å². The second-order valence-electron chi connectivity index (χ2n) is 3.35. The van der Waals surface area contributed by atoms with E-state index in [1.807, 2.05) is 12.1 Å². The van der Waals surface area contributed by atoms with E-state index in [0.717, 1.165) is 14.6 Å². The molecular formula is C11H8Br2ClN3. The molecule has 6 heteroatoms. The lowest BCUT2D eigenvalue weighted by molar-refractivity contribution is 1.29. The Bertz CT molecular complexity index is 560. The zero-order chi connectivity index (χ0) is 12.4. The molecular weight excluding hydrogens is 369 g/mol. The summed E-state index contributed by atoms with van der Waals surface area (Å²) in [6.45, 7) is 0. The minimum Gasteiger partial charge on any atom is -0.397 e. The van der Waals surface area contributed by atoms with Crippen molar-refractivity contribution in [3.8, 4) is 0 Å². The average Bonchev–Trinajstić information content (AvgIpc) is 2.27. The number of hydrogen-bond acceptors (Lipinski definition) is 3. The molecule has 0 aliphatic heterocycles. The number of pyridine rings is 1. The van der Waals surface area contributed by atoms with Gasteiger partial charge in [0.15, 0.2) is 0 Å². The summed E-state index contributed by atoms with van der Waals surface area (Å²) < 4.78 is 1.73. The van der Waals surface area contributed by atoms with Gasteiger partial charge < -0.3 is 11.1 Å². The van der Waals surface area contributed by atoms with E-state index in [2.05, 4.69) is 42.2 Å². The molecule has 0 spiro atoms. The van der Waals surface area contributed by atoms with Crippen LogP contribution in [-0.4, -0.2) is 4.98 Å². The highest BCUT2D eigenvalue weighted by Crippen LogP contribution is 2.31. The van der Waals surface area contributed by atoms with Gasteiger partial charge in [-0.15, -0.1) is 0 Å². The molecule has 1 heterocycles. The highest BCUT2D eigenvalue weighted by atomic mass is 79.9. The van der Waals surface area contributed by atoms with Crippen LogP contribution in [-0.2, 0) is 0 Å². The van der Waals surface area contributed by atoms with E-state index in [-0.39, 0.29) is 0 Å². The number of hydrogen-bond donors (Lipinski definition) is 2. The van der Waals surface area contributed by atoms with Gasteiger partial charge in [-0.05, 0) is 40.2 Å². The van der Waals surface area contributed by atoms with Crippen LogP contribution in [0.4, 0.5) is 17.2 Å². The molecule has 3 N–H and O–H groups in total. The zero-order valence-electron chi connectivity index (χ0n) is 8.55. The van der Waals surface area contributed by atoms with Crippen LogP contribution in [0.15, 0.2) is 39.4 Å². The van der Waals surface area contributed by atoms with Crippen molar-refractivity contribution < 1.29 is 0 Å². The van der Waals surface area contributed by atoms with E-state index in [0.29, 0.717) is 16.5 Å². The highest BCUT2D eigenvalue weighted by Gasteiger charge is 2.06. The molecule has 2 aromatic rings. The highest BCUT2D eigenvalue weighted by molar-refractivity contribution is 9.10. The van der Waals surface area contributed by atoms with Crippen LogP contribution in [0.1, 0.15) is 0 Å². The molecule has 1 aromatic heterocycles. The quantitative estimate of drug-likeness (QED) is 0.805. The Morgan fingerprint density at radius 2 is 2.00 bits per heavy atom. The largest absolute Gasteiger partial charge is 0.397 e. The van der Waals surface area contributed by atoms with Crippen LogP contribution in [0.25, 0.3) is 0 Å². The molecule has 0 saturated heterocycles. The van der Waals surface area contributed by atoms with Gasteiger partial charge in [-0.25, -0.2) is 4.98 Å². The zero-order valence-corrected chi connectivity index (χ0v) is 12.5. The van der Waals surface area contributed by atoms with E-state index in [1.165, 1.54) is 0 Å². The van der Waals surface area contributed by atoms with Gasteiger partial charge in [0.2, 0.25) is 0 Å². The average molecular weight is 377 g/mol. The van der Waals surface area contributed by atoms with Crippen molar-refractivity contribution in [3.05, 3.63) is 44.4 Å². The van der Waals surface area contributed by atoms with Crippen LogP contribution in [0.3, 0.4) is 0 Å². The molecule has 3 nitrogen and oxygen atoms in total. The summed E-state index contributed by atoms with van der Waals surface area (Å²) in [4.78, 5) is 4.19. The molecule has 0 unspecified atom stereocenters. The van der Waals surface area contributed by atoms with Crippen LogP contribution in [0.2, 0.25) is 5.02 Å². The Hall–Kier alpha value is -0.780. The van der Waals surface area contributed by atoms with Gasteiger partial charge in [0.05, 0.1) is 27.1 Å². The first-order valence-corrected chi connectivity index (χ1v) is 6.66. The number of halogens is 3. The summed E-state index contributed by atoms with van der Waals surface area (Å²) in [6, 6.07) is 7.34. The van der Waals surface area contributed by atoms with Gasteiger partial charge in [0, 0.05) is 4.47 Å². The maximum atomic E-state index is 6.08. The molecule has 0 atom stereocenters. The number of nitrogen functional groups attached to an aromatic ring is 1. The standard InChI is InChI=1S/C11H8Br2ClN3/c12-6-1-2-9(14)10(3-6)17-11-8(13)4-7(15)5-16-11/h1-5H,15H2,(H,16,17). The smallest absolute Gasteiger partial charge is 0.144 e. The summed E-state index contributed by atoms with van der Waals surface area (Å²) in [5, 5.41) is 3.76. The SMILES string of the molecule is Nc1cnc(Nc2cc(Br)ccc2Cl)c(Br)c1. The summed E-state index contributed by atoms with van der Waals surface area (Å²) in [6.07, 6.45) is 1.58. The summed E-state index contributed by atoms with van der Waals surface area (Å²) >= 11 is 12.9. The van der Waals surface area contributed by atoms with Gasteiger partial charge in [-0.3, -0.25) is 0 Å². The molecule has 0 radical (unpaired) electrons. The molecule has 0 amide bonds. The minimum atomic E-state index is 0.600. The van der Waals surface area contributed by atoms with E-state index in [4.69, 9.17) is 17.3 Å². The number of nitrogens with zero attached hydrogens (tertiary/aromatic N) is 1. The third-order valence-electron chi connectivity index (χ3n) is 2.04. The monoisotopic (exact) mass is 375 g/mol. The second kappa shape index (κ2) is 5.25. The van der Waals surface area contributed by atoms with Gasteiger partial charge in [-0.2, -0.15) is 0 Å². The normalized spacial score (nSPS) is 10.3. The first-order valence-electron chi connectivity index (χ1n) is 4.69. The number of nitrogens with one attached hydrogen (secondary N) is 1. The lowest BCUT2D eigenvalue weighted by atomic mass is 10.3. The van der Waals surface area contributed by atoms with Crippen molar-refractivity contribution >= 4 is 60.7 Å². The first kappa shape index (κ1) is 12.7. The molecule has 88 valence electrons. The Morgan fingerprint density at radius 1 is 1.24 bits per heavy atom. The molecule has 0 aliphatic rings. The van der Waals surface area contributed by atoms with Crippen LogP contribution in [0, 0.1) is 0 Å². The molecule has 0 aliphatic carbocycles. The molecule has 0 fully saturated rings. The fourth-order valence-corrected chi connectivity index (χ4v) is 2.26. The Morgan fingerprint density at radius 3 is 2.71 bits per heavy atom. The van der Waals surface area contributed by atoms with Crippen molar-refractivity contribution in [1.82, 2.24) is 4.98 Å². The van der Waals surface area contributed by atoms with Crippen molar-refractivity contribution in [2.24, 2.45) is 0 Å². The maximum Gasteiger partial charge on any atom is 0.144 e. The summed E-state index contributed by atoms with van der Waals surface area (Å²) in [5.41, 5.74) is 7.00. The Labute approximate surface area is 121 Å². The van der Waals surface area contributed by atoms with Crippen molar-refractivity contribution in [2.45, 2.75) is 0 Å².